The largest absolute Gasteiger partial charge is 0.0622 e. The lowest BCUT2D eigenvalue weighted by Crippen LogP contribution is -2.32. The second-order valence-corrected chi connectivity index (χ2v) is 6.88. The maximum atomic E-state index is 2.42. The molecule has 0 radical (unpaired) electrons. The van der Waals surface area contributed by atoms with E-state index in [4.69, 9.17) is 0 Å². The zero-order valence-corrected chi connectivity index (χ0v) is 12.0. The Balaban J connectivity index is 3.08. The van der Waals surface area contributed by atoms with E-state index in [0.29, 0.717) is 10.8 Å². The predicted octanol–water partition coefficient (Wildman–Crippen LogP) is 4.99. The van der Waals surface area contributed by atoms with Gasteiger partial charge in [0.15, 0.2) is 0 Å². The molecule has 0 aromatic heterocycles. The molecule has 1 aliphatic rings. The van der Waals surface area contributed by atoms with Crippen LogP contribution in [0, 0.1) is 34.5 Å². The van der Waals surface area contributed by atoms with E-state index in [0.717, 1.165) is 23.7 Å². The summed E-state index contributed by atoms with van der Waals surface area (Å²) in [6, 6.07) is 0. The van der Waals surface area contributed by atoms with Gasteiger partial charge in [0, 0.05) is 0 Å². The van der Waals surface area contributed by atoms with Gasteiger partial charge in [-0.2, -0.15) is 0 Å². The molecule has 0 spiro atoms. The minimum atomic E-state index is 0.606. The fourth-order valence-electron chi connectivity index (χ4n) is 4.74. The highest BCUT2D eigenvalue weighted by Gasteiger charge is 2.71. The lowest BCUT2D eigenvalue weighted by Gasteiger charge is -2.38. The lowest BCUT2D eigenvalue weighted by atomic mass is 9.67. The van der Waals surface area contributed by atoms with Gasteiger partial charge >= 0.3 is 0 Å². The van der Waals surface area contributed by atoms with Gasteiger partial charge in [-0.1, -0.05) is 55.4 Å². The second-order valence-electron chi connectivity index (χ2n) is 6.88. The van der Waals surface area contributed by atoms with Crippen LogP contribution in [0.4, 0.5) is 0 Å². The highest BCUT2D eigenvalue weighted by atomic mass is 14.7. The van der Waals surface area contributed by atoms with E-state index in [2.05, 4.69) is 55.4 Å². The van der Waals surface area contributed by atoms with Crippen LogP contribution in [0.25, 0.3) is 0 Å². The molecular weight excluding hydrogens is 180 g/mol. The average molecular weight is 210 g/mol. The molecular formula is C15H30. The van der Waals surface area contributed by atoms with E-state index in [1.165, 1.54) is 6.42 Å². The van der Waals surface area contributed by atoms with Gasteiger partial charge in [-0.15, -0.1) is 0 Å². The summed E-state index contributed by atoms with van der Waals surface area (Å²) in [5.74, 6) is 3.29. The van der Waals surface area contributed by atoms with E-state index in [1.54, 1.807) is 0 Å². The number of rotatable bonds is 4. The van der Waals surface area contributed by atoms with E-state index in [9.17, 15) is 0 Å². The van der Waals surface area contributed by atoms with Gasteiger partial charge in [-0.05, 0) is 40.9 Å². The average Bonchev–Trinajstić information content (AvgIpc) is 2.74. The third-order valence-electron chi connectivity index (χ3n) is 5.45. The topological polar surface area (TPSA) is 0 Å². The number of hydrogen-bond acceptors (Lipinski definition) is 0. The van der Waals surface area contributed by atoms with Crippen molar-refractivity contribution in [3.8, 4) is 0 Å². The first-order chi connectivity index (χ1) is 6.73. The summed E-state index contributed by atoms with van der Waals surface area (Å²) in [6.45, 7) is 19.4. The smallest absolute Gasteiger partial charge is 0.0184 e. The minimum Gasteiger partial charge on any atom is -0.0622 e. The van der Waals surface area contributed by atoms with Crippen molar-refractivity contribution in [2.24, 2.45) is 34.5 Å². The van der Waals surface area contributed by atoms with Crippen LogP contribution in [0.15, 0.2) is 0 Å². The highest BCUT2D eigenvalue weighted by Crippen LogP contribution is 2.77. The van der Waals surface area contributed by atoms with Crippen molar-refractivity contribution in [2.75, 3.05) is 0 Å². The molecule has 1 saturated carbocycles. The van der Waals surface area contributed by atoms with Crippen LogP contribution in [0.3, 0.4) is 0 Å². The molecule has 0 heterocycles. The van der Waals surface area contributed by atoms with Crippen molar-refractivity contribution < 1.29 is 0 Å². The molecule has 0 bridgehead atoms. The Morgan fingerprint density at radius 1 is 0.533 bits per heavy atom. The van der Waals surface area contributed by atoms with Crippen molar-refractivity contribution in [1.29, 1.82) is 0 Å². The molecule has 0 nitrogen and oxygen atoms in total. The van der Waals surface area contributed by atoms with Gasteiger partial charge in [0.05, 0.1) is 0 Å². The first kappa shape index (κ1) is 13.1. The fourth-order valence-corrected chi connectivity index (χ4v) is 4.74. The maximum Gasteiger partial charge on any atom is -0.0184 e. The summed E-state index contributed by atoms with van der Waals surface area (Å²) in [7, 11) is 0. The molecule has 15 heavy (non-hydrogen) atoms. The molecule has 1 fully saturated rings. The standard InChI is InChI=1S/C15H30/c1-10(2)14(11(3)4)9-15(14,12(5)6)13(7)8/h10-13H,9H2,1-8H3. The lowest BCUT2D eigenvalue weighted by molar-refractivity contribution is 0.101. The maximum absolute atomic E-state index is 2.42. The summed E-state index contributed by atoms with van der Waals surface area (Å²) in [5.41, 5.74) is 1.21. The quantitative estimate of drug-likeness (QED) is 0.613. The molecule has 1 aliphatic carbocycles. The molecule has 0 N–H and O–H groups in total. The molecule has 1 rings (SSSR count). The predicted molar refractivity (Wildman–Crippen MR) is 68.8 cm³/mol. The van der Waals surface area contributed by atoms with E-state index in [1.807, 2.05) is 0 Å². The SMILES string of the molecule is CC(C)C1(C(C)C)CC1(C(C)C)C(C)C. The van der Waals surface area contributed by atoms with Gasteiger partial charge in [-0.3, -0.25) is 0 Å². The summed E-state index contributed by atoms with van der Waals surface area (Å²) < 4.78 is 0. The molecule has 0 unspecified atom stereocenters. The zero-order valence-electron chi connectivity index (χ0n) is 12.0. The Morgan fingerprint density at radius 3 is 0.800 bits per heavy atom. The van der Waals surface area contributed by atoms with Gasteiger partial charge in [0.1, 0.15) is 0 Å². The summed E-state index contributed by atoms with van der Waals surface area (Å²) in [6.07, 6.45) is 1.45. The highest BCUT2D eigenvalue weighted by molar-refractivity contribution is 5.19. The molecule has 0 heteroatoms. The van der Waals surface area contributed by atoms with Gasteiger partial charge in [-0.25, -0.2) is 0 Å². The molecule has 0 aromatic carbocycles. The van der Waals surface area contributed by atoms with Crippen LogP contribution in [0.5, 0.6) is 0 Å². The van der Waals surface area contributed by atoms with Crippen LogP contribution >= 0.6 is 0 Å². The van der Waals surface area contributed by atoms with Crippen LogP contribution in [0.2, 0.25) is 0 Å². The van der Waals surface area contributed by atoms with Crippen molar-refractivity contribution in [1.82, 2.24) is 0 Å². The first-order valence-corrected chi connectivity index (χ1v) is 6.73. The van der Waals surface area contributed by atoms with E-state index in [-0.39, 0.29) is 0 Å². The molecule has 0 aromatic rings. The molecule has 0 atom stereocenters. The Labute approximate surface area is 96.8 Å². The fraction of sp³-hybridized carbons (Fsp3) is 1.00. The molecule has 0 saturated heterocycles. The summed E-state index contributed by atoms with van der Waals surface area (Å²) >= 11 is 0. The van der Waals surface area contributed by atoms with E-state index < -0.39 is 0 Å². The second kappa shape index (κ2) is 3.79. The number of hydrogen-bond donors (Lipinski definition) is 0. The van der Waals surface area contributed by atoms with Gasteiger partial charge < -0.3 is 0 Å². The monoisotopic (exact) mass is 210 g/mol. The summed E-state index contributed by atoms with van der Waals surface area (Å²) in [4.78, 5) is 0. The third-order valence-corrected chi connectivity index (χ3v) is 5.45. The Kier molecular flexibility index (Phi) is 3.30. The van der Waals surface area contributed by atoms with E-state index >= 15 is 0 Å². The van der Waals surface area contributed by atoms with Crippen molar-refractivity contribution in [3.63, 3.8) is 0 Å². The Bertz CT molecular complexity index is 180. The zero-order chi connectivity index (χ0) is 12.0. The van der Waals surface area contributed by atoms with Crippen molar-refractivity contribution in [3.05, 3.63) is 0 Å². The van der Waals surface area contributed by atoms with Crippen LogP contribution in [-0.4, -0.2) is 0 Å². The van der Waals surface area contributed by atoms with Crippen LogP contribution < -0.4 is 0 Å². The minimum absolute atomic E-state index is 0.606. The Morgan fingerprint density at radius 2 is 0.733 bits per heavy atom. The molecule has 90 valence electrons. The van der Waals surface area contributed by atoms with Gasteiger partial charge in [0.25, 0.3) is 0 Å². The normalized spacial score (nSPS) is 23.2. The van der Waals surface area contributed by atoms with Crippen LogP contribution in [-0.2, 0) is 0 Å². The summed E-state index contributed by atoms with van der Waals surface area (Å²) in [5, 5.41) is 0. The molecule has 0 aliphatic heterocycles. The molecule has 0 amide bonds. The van der Waals surface area contributed by atoms with Crippen LogP contribution in [0.1, 0.15) is 61.8 Å². The van der Waals surface area contributed by atoms with Crippen molar-refractivity contribution >= 4 is 0 Å². The third kappa shape index (κ3) is 1.47. The first-order valence-electron chi connectivity index (χ1n) is 6.73. The Hall–Kier alpha value is 0. The van der Waals surface area contributed by atoms with Gasteiger partial charge in [0.2, 0.25) is 0 Å². The van der Waals surface area contributed by atoms with Crippen molar-refractivity contribution in [2.45, 2.75) is 61.8 Å².